The van der Waals surface area contributed by atoms with Gasteiger partial charge in [0, 0.05) is 17.1 Å². The number of amides is 1. The number of thiazole rings is 1. The van der Waals surface area contributed by atoms with Crippen molar-refractivity contribution in [1.29, 1.82) is 0 Å². The molecular weight excluding hydrogens is 252 g/mol. The van der Waals surface area contributed by atoms with Crippen molar-refractivity contribution in [2.75, 3.05) is 16.8 Å². The number of hydrogen-bond donors (Lipinski definition) is 1. The fraction of sp³-hybridized carbons (Fsp3) is 0.556. The van der Waals surface area contributed by atoms with Crippen LogP contribution in [0, 0.1) is 5.92 Å². The van der Waals surface area contributed by atoms with Gasteiger partial charge in [-0.2, -0.15) is 11.8 Å². The number of nitrogens with zero attached hydrogens (tertiary/aromatic N) is 1. The van der Waals surface area contributed by atoms with E-state index >= 15 is 0 Å². The molecule has 1 N–H and O–H groups in total. The Labute approximate surface area is 102 Å². The van der Waals surface area contributed by atoms with E-state index < -0.39 is 0 Å². The van der Waals surface area contributed by atoms with Crippen LogP contribution in [-0.2, 0) is 10.7 Å². The molecule has 0 aromatic carbocycles. The molecule has 0 radical (unpaired) electrons. The Morgan fingerprint density at radius 1 is 1.73 bits per heavy atom. The van der Waals surface area contributed by atoms with Crippen molar-refractivity contribution in [2.24, 2.45) is 5.92 Å². The third kappa shape index (κ3) is 2.86. The van der Waals surface area contributed by atoms with Gasteiger partial charge >= 0.3 is 0 Å². The Kier molecular flexibility index (Phi) is 3.88. The molecule has 1 aliphatic heterocycles. The molecule has 6 heteroatoms. The predicted octanol–water partition coefficient (Wildman–Crippen LogP) is 2.57. The summed E-state index contributed by atoms with van der Waals surface area (Å²) in [6, 6.07) is 0. The second kappa shape index (κ2) is 5.18. The van der Waals surface area contributed by atoms with Gasteiger partial charge in [-0.25, -0.2) is 4.98 Å². The Hall–Kier alpha value is -0.260. The van der Waals surface area contributed by atoms with Crippen LogP contribution in [0.15, 0.2) is 5.38 Å². The normalized spacial score (nSPS) is 20.5. The molecule has 0 spiro atoms. The van der Waals surface area contributed by atoms with E-state index in [2.05, 4.69) is 10.3 Å². The number of anilines is 1. The van der Waals surface area contributed by atoms with Gasteiger partial charge in [0.05, 0.1) is 11.6 Å². The van der Waals surface area contributed by atoms with Crippen LogP contribution in [0.5, 0.6) is 0 Å². The van der Waals surface area contributed by atoms with E-state index in [-0.39, 0.29) is 11.8 Å². The van der Waals surface area contributed by atoms with E-state index in [4.69, 9.17) is 11.6 Å². The zero-order valence-electron chi connectivity index (χ0n) is 8.03. The fourth-order valence-electron chi connectivity index (χ4n) is 1.37. The second-order valence-electron chi connectivity index (χ2n) is 3.33. The minimum atomic E-state index is 0.0930. The van der Waals surface area contributed by atoms with Crippen molar-refractivity contribution in [3.8, 4) is 0 Å². The number of nitrogens with one attached hydrogen (secondary N) is 1. The van der Waals surface area contributed by atoms with Crippen molar-refractivity contribution >= 4 is 45.7 Å². The largest absolute Gasteiger partial charge is 0.302 e. The van der Waals surface area contributed by atoms with E-state index in [1.165, 1.54) is 11.3 Å². The molecule has 1 aromatic rings. The number of halogens is 1. The van der Waals surface area contributed by atoms with Gasteiger partial charge in [0.25, 0.3) is 0 Å². The summed E-state index contributed by atoms with van der Waals surface area (Å²) in [5, 5.41) is 5.36. The molecule has 82 valence electrons. The lowest BCUT2D eigenvalue weighted by Gasteiger charge is -2.06. The number of carbonyl (C=O) groups excluding carboxylic acids is 1. The zero-order chi connectivity index (χ0) is 10.7. The summed E-state index contributed by atoms with van der Waals surface area (Å²) < 4.78 is 0. The minimum Gasteiger partial charge on any atom is -0.302 e. The Morgan fingerprint density at radius 3 is 3.20 bits per heavy atom. The summed E-state index contributed by atoms with van der Waals surface area (Å²) >= 11 is 8.89. The Morgan fingerprint density at radius 2 is 2.60 bits per heavy atom. The predicted molar refractivity (Wildman–Crippen MR) is 65.7 cm³/mol. The van der Waals surface area contributed by atoms with E-state index in [1.807, 2.05) is 17.1 Å². The molecule has 3 nitrogen and oxygen atoms in total. The molecule has 1 atom stereocenters. The summed E-state index contributed by atoms with van der Waals surface area (Å²) in [6.07, 6.45) is 0.976. The molecule has 0 bridgehead atoms. The standard InChI is InChI=1S/C9H11ClN2OS2/c10-3-7-5-15-9(11-7)12-8(13)6-1-2-14-4-6/h5-6H,1-4H2,(H,11,12,13). The molecule has 2 rings (SSSR count). The average Bonchev–Trinajstić information content (AvgIpc) is 2.87. The fourth-order valence-corrected chi connectivity index (χ4v) is 3.54. The maximum absolute atomic E-state index is 11.7. The quantitative estimate of drug-likeness (QED) is 0.852. The lowest BCUT2D eigenvalue weighted by atomic mass is 10.1. The van der Waals surface area contributed by atoms with Crippen molar-refractivity contribution in [2.45, 2.75) is 12.3 Å². The number of hydrogen-bond acceptors (Lipinski definition) is 4. The van der Waals surface area contributed by atoms with E-state index in [0.717, 1.165) is 23.6 Å². The summed E-state index contributed by atoms with van der Waals surface area (Å²) in [6.45, 7) is 0. The van der Waals surface area contributed by atoms with Crippen LogP contribution >= 0.6 is 34.7 Å². The number of alkyl halides is 1. The molecule has 1 aliphatic rings. The molecule has 1 fully saturated rings. The van der Waals surface area contributed by atoms with Crippen LogP contribution in [0.25, 0.3) is 0 Å². The average molecular weight is 263 g/mol. The maximum atomic E-state index is 11.7. The Balaban J connectivity index is 1.92. The lowest BCUT2D eigenvalue weighted by molar-refractivity contribution is -0.119. The van der Waals surface area contributed by atoms with E-state index in [1.54, 1.807) is 0 Å². The number of aromatic nitrogens is 1. The van der Waals surface area contributed by atoms with Crippen molar-refractivity contribution < 1.29 is 4.79 Å². The molecule has 15 heavy (non-hydrogen) atoms. The molecule has 0 saturated carbocycles. The van der Waals surface area contributed by atoms with Crippen LogP contribution in [0.4, 0.5) is 5.13 Å². The summed E-state index contributed by atoms with van der Waals surface area (Å²) in [5.74, 6) is 2.66. The van der Waals surface area contributed by atoms with E-state index in [0.29, 0.717) is 11.0 Å². The Bertz CT molecular complexity index is 350. The smallest absolute Gasteiger partial charge is 0.230 e. The SMILES string of the molecule is O=C(Nc1nc(CCl)cs1)C1CCSC1. The number of rotatable bonds is 3. The molecule has 1 aromatic heterocycles. The van der Waals surface area contributed by atoms with Crippen LogP contribution in [0.1, 0.15) is 12.1 Å². The van der Waals surface area contributed by atoms with Gasteiger partial charge < -0.3 is 5.32 Å². The highest BCUT2D eigenvalue weighted by molar-refractivity contribution is 7.99. The zero-order valence-corrected chi connectivity index (χ0v) is 10.4. The van der Waals surface area contributed by atoms with Crippen LogP contribution in [0.3, 0.4) is 0 Å². The van der Waals surface area contributed by atoms with Gasteiger partial charge in [-0.1, -0.05) is 0 Å². The molecule has 2 heterocycles. The molecule has 1 amide bonds. The van der Waals surface area contributed by atoms with Gasteiger partial charge in [0.15, 0.2) is 5.13 Å². The van der Waals surface area contributed by atoms with Gasteiger partial charge in [-0.3, -0.25) is 4.79 Å². The van der Waals surface area contributed by atoms with Crippen LogP contribution < -0.4 is 5.32 Å². The summed E-state index contributed by atoms with van der Waals surface area (Å²) in [5.41, 5.74) is 0.817. The van der Waals surface area contributed by atoms with Crippen molar-refractivity contribution in [1.82, 2.24) is 4.98 Å². The second-order valence-corrected chi connectivity index (χ2v) is 5.60. The van der Waals surface area contributed by atoms with Crippen LogP contribution in [-0.4, -0.2) is 22.4 Å². The van der Waals surface area contributed by atoms with Gasteiger partial charge in [-0.05, 0) is 12.2 Å². The number of carbonyl (C=O) groups is 1. The van der Waals surface area contributed by atoms with Gasteiger partial charge in [0.1, 0.15) is 0 Å². The first kappa shape index (κ1) is 11.2. The topological polar surface area (TPSA) is 42.0 Å². The van der Waals surface area contributed by atoms with Crippen LogP contribution in [0.2, 0.25) is 0 Å². The maximum Gasteiger partial charge on any atom is 0.230 e. The lowest BCUT2D eigenvalue weighted by Crippen LogP contribution is -2.22. The third-order valence-corrected chi connectivity index (χ3v) is 4.46. The summed E-state index contributed by atoms with van der Waals surface area (Å²) in [7, 11) is 0. The van der Waals surface area contributed by atoms with Gasteiger partial charge in [-0.15, -0.1) is 22.9 Å². The minimum absolute atomic E-state index is 0.0930. The monoisotopic (exact) mass is 262 g/mol. The number of thioether (sulfide) groups is 1. The molecule has 1 unspecified atom stereocenters. The highest BCUT2D eigenvalue weighted by Crippen LogP contribution is 2.25. The van der Waals surface area contributed by atoms with E-state index in [9.17, 15) is 4.79 Å². The van der Waals surface area contributed by atoms with Crippen molar-refractivity contribution in [3.63, 3.8) is 0 Å². The molecule has 0 aliphatic carbocycles. The molecular formula is C9H11ClN2OS2. The molecule has 1 saturated heterocycles. The van der Waals surface area contributed by atoms with Gasteiger partial charge in [0.2, 0.25) is 5.91 Å². The highest BCUT2D eigenvalue weighted by atomic mass is 35.5. The highest BCUT2D eigenvalue weighted by Gasteiger charge is 2.23. The summed E-state index contributed by atoms with van der Waals surface area (Å²) in [4.78, 5) is 15.9. The first-order chi connectivity index (χ1) is 7.29. The first-order valence-electron chi connectivity index (χ1n) is 4.68. The van der Waals surface area contributed by atoms with Crippen molar-refractivity contribution in [3.05, 3.63) is 11.1 Å². The first-order valence-corrected chi connectivity index (χ1v) is 7.25. The third-order valence-electron chi connectivity index (χ3n) is 2.22.